The summed E-state index contributed by atoms with van der Waals surface area (Å²) in [6, 6.07) is 4.78. The lowest BCUT2D eigenvalue weighted by molar-refractivity contribution is -0.126. The summed E-state index contributed by atoms with van der Waals surface area (Å²) in [5.74, 6) is -0.0506. The Morgan fingerprint density at radius 3 is 2.21 bits per heavy atom. The molecular weight excluding hydrogens is 473 g/mol. The summed E-state index contributed by atoms with van der Waals surface area (Å²) in [4.78, 5) is 25.0. The minimum Gasteiger partial charge on any atom is -0.493 e. The average molecular weight is 498 g/mol. The van der Waals surface area contributed by atoms with E-state index in [4.69, 9.17) is 42.1 Å². The summed E-state index contributed by atoms with van der Waals surface area (Å²) in [6.07, 6.45) is 0. The number of hydrogen-bond donors (Lipinski definition) is 1. The molecule has 0 saturated carbocycles. The molecule has 0 bridgehead atoms. The number of nitrogens with one attached hydrogen (secondary N) is 1. The fourth-order valence-electron chi connectivity index (χ4n) is 2.79. The standard InChI is InChI=1S/C22H25Cl2N3O6/c1-6-32-19-13(23)8-9-15(20(19)33-7-2)26-27-18(12(3)28)22(29)25-14-10-11-16(30-4)21(31-5)17(14)24/h8-11,18H,6-7H2,1-5H3,(H,25,29). The van der Waals surface area contributed by atoms with Crippen molar-refractivity contribution in [3.8, 4) is 23.0 Å². The Labute approximate surface area is 202 Å². The van der Waals surface area contributed by atoms with Gasteiger partial charge in [-0.1, -0.05) is 23.2 Å². The van der Waals surface area contributed by atoms with E-state index in [-0.39, 0.29) is 27.9 Å². The Bertz CT molecular complexity index is 1050. The Morgan fingerprint density at radius 2 is 1.64 bits per heavy atom. The third-order valence-corrected chi connectivity index (χ3v) is 4.95. The van der Waals surface area contributed by atoms with E-state index in [2.05, 4.69) is 15.5 Å². The van der Waals surface area contributed by atoms with E-state index in [1.807, 2.05) is 0 Å². The monoisotopic (exact) mass is 497 g/mol. The lowest BCUT2D eigenvalue weighted by Crippen LogP contribution is -2.32. The van der Waals surface area contributed by atoms with Crippen molar-refractivity contribution >= 4 is 46.3 Å². The molecule has 0 aliphatic carbocycles. The van der Waals surface area contributed by atoms with Crippen molar-refractivity contribution < 1.29 is 28.5 Å². The van der Waals surface area contributed by atoms with Crippen molar-refractivity contribution in [1.29, 1.82) is 0 Å². The highest BCUT2D eigenvalue weighted by atomic mass is 35.5. The number of hydrogen-bond acceptors (Lipinski definition) is 8. The number of benzene rings is 2. The van der Waals surface area contributed by atoms with Crippen LogP contribution in [-0.2, 0) is 9.59 Å². The number of halogens is 2. The zero-order valence-corrected chi connectivity index (χ0v) is 20.4. The maximum atomic E-state index is 12.8. The Kier molecular flexibility index (Phi) is 9.74. The van der Waals surface area contributed by atoms with Gasteiger partial charge < -0.3 is 24.3 Å². The van der Waals surface area contributed by atoms with E-state index in [9.17, 15) is 9.59 Å². The Hall–Kier alpha value is -3.04. The van der Waals surface area contributed by atoms with Crippen LogP contribution in [-0.4, -0.2) is 45.2 Å². The largest absolute Gasteiger partial charge is 0.493 e. The number of nitrogens with zero attached hydrogens (tertiary/aromatic N) is 2. The molecule has 0 fully saturated rings. The zero-order valence-electron chi connectivity index (χ0n) is 18.9. The molecule has 33 heavy (non-hydrogen) atoms. The van der Waals surface area contributed by atoms with Gasteiger partial charge in [-0.05, 0) is 45.0 Å². The summed E-state index contributed by atoms with van der Waals surface area (Å²) >= 11 is 12.5. The van der Waals surface area contributed by atoms with E-state index >= 15 is 0 Å². The molecule has 0 heterocycles. The molecule has 1 atom stereocenters. The number of Topliss-reactive ketones (excluding diaryl/α,β-unsaturated/α-hetero) is 1. The third-order valence-electron chi connectivity index (χ3n) is 4.28. The number of anilines is 1. The number of methoxy groups -OCH3 is 2. The predicted octanol–water partition coefficient (Wildman–Crippen LogP) is 5.49. The number of azo groups is 1. The third kappa shape index (κ3) is 6.27. The molecule has 1 N–H and O–H groups in total. The topological polar surface area (TPSA) is 108 Å². The van der Waals surface area contributed by atoms with Crippen LogP contribution in [0.25, 0.3) is 0 Å². The summed E-state index contributed by atoms with van der Waals surface area (Å²) < 4.78 is 21.6. The van der Waals surface area contributed by atoms with E-state index in [0.717, 1.165) is 0 Å². The fraction of sp³-hybridized carbons (Fsp3) is 0.364. The van der Waals surface area contributed by atoms with Gasteiger partial charge in [-0.2, -0.15) is 10.2 Å². The van der Waals surface area contributed by atoms with Crippen LogP contribution in [0.2, 0.25) is 10.0 Å². The molecular formula is C22H25Cl2N3O6. The van der Waals surface area contributed by atoms with Gasteiger partial charge in [0.1, 0.15) is 10.7 Å². The maximum Gasteiger partial charge on any atom is 0.258 e. The van der Waals surface area contributed by atoms with E-state index < -0.39 is 17.7 Å². The van der Waals surface area contributed by atoms with Crippen molar-refractivity contribution in [1.82, 2.24) is 0 Å². The number of rotatable bonds is 11. The van der Waals surface area contributed by atoms with Gasteiger partial charge in [-0.3, -0.25) is 9.59 Å². The highest BCUT2D eigenvalue weighted by Gasteiger charge is 2.25. The van der Waals surface area contributed by atoms with Gasteiger partial charge in [0.05, 0.1) is 38.1 Å². The number of ether oxygens (including phenoxy) is 4. The molecule has 178 valence electrons. The van der Waals surface area contributed by atoms with Crippen LogP contribution >= 0.6 is 23.2 Å². The second kappa shape index (κ2) is 12.3. The lowest BCUT2D eigenvalue weighted by Gasteiger charge is -2.15. The zero-order chi connectivity index (χ0) is 24.5. The van der Waals surface area contributed by atoms with E-state index in [0.29, 0.717) is 29.7 Å². The second-order valence-corrected chi connectivity index (χ2v) is 7.26. The van der Waals surface area contributed by atoms with Crippen molar-refractivity contribution in [2.24, 2.45) is 10.2 Å². The SMILES string of the molecule is CCOc1c(Cl)ccc(N=NC(C(C)=O)C(=O)Nc2ccc(OC)c(OC)c2Cl)c1OCC. The highest BCUT2D eigenvalue weighted by molar-refractivity contribution is 6.35. The quantitative estimate of drug-likeness (QED) is 0.324. The number of carbonyl (C=O) groups is 2. The second-order valence-electron chi connectivity index (χ2n) is 6.47. The number of amides is 1. The fourth-order valence-corrected chi connectivity index (χ4v) is 3.28. The first kappa shape index (κ1) is 26.2. The first-order valence-corrected chi connectivity index (χ1v) is 10.7. The van der Waals surface area contributed by atoms with Gasteiger partial charge in [0.2, 0.25) is 6.04 Å². The van der Waals surface area contributed by atoms with Gasteiger partial charge in [-0.15, -0.1) is 0 Å². The molecule has 0 saturated heterocycles. The Morgan fingerprint density at radius 1 is 0.970 bits per heavy atom. The maximum absolute atomic E-state index is 12.8. The summed E-state index contributed by atoms with van der Waals surface area (Å²) in [5.41, 5.74) is 0.480. The molecule has 2 aromatic rings. The molecule has 0 spiro atoms. The van der Waals surface area contributed by atoms with Crippen LogP contribution in [0.15, 0.2) is 34.5 Å². The minimum atomic E-state index is -1.44. The van der Waals surface area contributed by atoms with Gasteiger partial charge in [-0.25, -0.2) is 0 Å². The van der Waals surface area contributed by atoms with E-state index in [1.165, 1.54) is 27.2 Å². The van der Waals surface area contributed by atoms with Crippen LogP contribution in [0.3, 0.4) is 0 Å². The molecule has 0 aliphatic heterocycles. The molecule has 1 unspecified atom stereocenters. The van der Waals surface area contributed by atoms with Crippen LogP contribution in [0.1, 0.15) is 20.8 Å². The van der Waals surface area contributed by atoms with Crippen LogP contribution < -0.4 is 24.3 Å². The van der Waals surface area contributed by atoms with Crippen molar-refractivity contribution in [2.45, 2.75) is 26.8 Å². The summed E-state index contributed by atoms with van der Waals surface area (Å²) in [6.45, 7) is 5.49. The smallest absolute Gasteiger partial charge is 0.258 e. The molecule has 2 rings (SSSR count). The summed E-state index contributed by atoms with van der Waals surface area (Å²) in [7, 11) is 2.88. The Balaban J connectivity index is 2.36. The van der Waals surface area contributed by atoms with E-state index in [1.54, 1.807) is 32.0 Å². The number of carbonyl (C=O) groups excluding carboxylic acids is 2. The summed E-state index contributed by atoms with van der Waals surface area (Å²) in [5, 5.41) is 11.1. The van der Waals surface area contributed by atoms with Crippen molar-refractivity contribution in [3.63, 3.8) is 0 Å². The average Bonchev–Trinajstić information content (AvgIpc) is 2.78. The molecule has 0 aromatic heterocycles. The molecule has 1 amide bonds. The van der Waals surface area contributed by atoms with Crippen LogP contribution in [0.5, 0.6) is 23.0 Å². The normalized spacial score (nSPS) is 11.7. The number of ketones is 1. The first-order chi connectivity index (χ1) is 15.8. The van der Waals surface area contributed by atoms with Crippen molar-refractivity contribution in [2.75, 3.05) is 32.8 Å². The highest BCUT2D eigenvalue weighted by Crippen LogP contribution is 2.43. The molecule has 2 aromatic carbocycles. The molecule has 9 nitrogen and oxygen atoms in total. The van der Waals surface area contributed by atoms with Crippen LogP contribution in [0, 0.1) is 0 Å². The minimum absolute atomic E-state index is 0.113. The molecule has 11 heteroatoms. The van der Waals surface area contributed by atoms with Gasteiger partial charge in [0.15, 0.2) is 28.8 Å². The molecule has 0 aliphatic rings. The van der Waals surface area contributed by atoms with Crippen molar-refractivity contribution in [3.05, 3.63) is 34.3 Å². The predicted molar refractivity (Wildman–Crippen MR) is 126 cm³/mol. The first-order valence-electron chi connectivity index (χ1n) is 9.99. The van der Waals surface area contributed by atoms with Gasteiger partial charge in [0.25, 0.3) is 5.91 Å². The van der Waals surface area contributed by atoms with Crippen LogP contribution in [0.4, 0.5) is 11.4 Å². The molecule has 0 radical (unpaired) electrons. The lowest BCUT2D eigenvalue weighted by atomic mass is 10.2. The van der Waals surface area contributed by atoms with Gasteiger partial charge in [0, 0.05) is 0 Å². The van der Waals surface area contributed by atoms with Gasteiger partial charge >= 0.3 is 0 Å².